The van der Waals surface area contributed by atoms with Gasteiger partial charge in [0.25, 0.3) is 0 Å². The van der Waals surface area contributed by atoms with E-state index in [0.717, 1.165) is 0 Å². The van der Waals surface area contributed by atoms with Crippen LogP contribution < -0.4 is 4.46 Å². The molecule has 0 nitrogen and oxygen atoms in total. The van der Waals surface area contributed by atoms with Gasteiger partial charge in [-0.1, -0.05) is 0 Å². The Bertz CT molecular complexity index is 431. The Morgan fingerprint density at radius 3 is 2.12 bits per heavy atom. The summed E-state index contributed by atoms with van der Waals surface area (Å²) >= 11 is 0.523. The van der Waals surface area contributed by atoms with Crippen LogP contribution in [0, 0.1) is 6.92 Å². The van der Waals surface area contributed by atoms with Crippen molar-refractivity contribution in [3.8, 4) is 0 Å². The molecular weight excluding hydrogens is 259 g/mol. The molecule has 0 aliphatic rings. The molecule has 0 fully saturated rings. The van der Waals surface area contributed by atoms with Crippen LogP contribution in [0.4, 0.5) is 0 Å². The molecule has 0 amide bonds. The Hall–Kier alpha value is -1.04. The van der Waals surface area contributed by atoms with Crippen molar-refractivity contribution in [2.45, 2.75) is 18.7 Å². The molecule has 0 aliphatic carbocycles. The normalized spacial score (nSPS) is 12.4. The van der Waals surface area contributed by atoms with Crippen molar-refractivity contribution >= 4 is 19.4 Å². The van der Waals surface area contributed by atoms with E-state index in [-0.39, 0.29) is 0 Å². The molecule has 1 heteroatoms. The molecule has 2 aromatic rings. The fourth-order valence-corrected chi connectivity index (χ4v) is 3.70. The molecule has 0 heterocycles. The van der Waals surface area contributed by atoms with Crippen LogP contribution in [0.5, 0.6) is 0 Å². The number of rotatable bonds is 3. The zero-order valence-electron chi connectivity index (χ0n) is 9.68. The standard InChI is InChI=1S/C15H16Se/c1-12-8-10-15(11-9-12)16-13(2)14-6-4-3-5-7-14/h3-11,13H,1-2H3. The van der Waals surface area contributed by atoms with Crippen molar-refractivity contribution in [3.63, 3.8) is 0 Å². The van der Waals surface area contributed by atoms with Gasteiger partial charge in [0.2, 0.25) is 0 Å². The van der Waals surface area contributed by atoms with E-state index in [0.29, 0.717) is 19.8 Å². The topological polar surface area (TPSA) is 0 Å². The van der Waals surface area contributed by atoms with Crippen molar-refractivity contribution in [1.29, 1.82) is 0 Å². The second-order valence-electron chi connectivity index (χ2n) is 3.98. The molecule has 0 spiro atoms. The Morgan fingerprint density at radius 1 is 0.875 bits per heavy atom. The fraction of sp³-hybridized carbons (Fsp3) is 0.200. The van der Waals surface area contributed by atoms with Gasteiger partial charge in [-0.3, -0.25) is 0 Å². The van der Waals surface area contributed by atoms with Crippen LogP contribution in [-0.2, 0) is 0 Å². The summed E-state index contributed by atoms with van der Waals surface area (Å²) in [5, 5.41) is 0. The van der Waals surface area contributed by atoms with Gasteiger partial charge in [-0.05, 0) is 0 Å². The average molecular weight is 275 g/mol. The first kappa shape index (κ1) is 11.4. The maximum atomic E-state index is 2.31. The van der Waals surface area contributed by atoms with Crippen LogP contribution in [0.15, 0.2) is 54.6 Å². The van der Waals surface area contributed by atoms with E-state index in [2.05, 4.69) is 68.4 Å². The molecule has 16 heavy (non-hydrogen) atoms. The Labute approximate surface area is 104 Å². The molecule has 0 N–H and O–H groups in total. The van der Waals surface area contributed by atoms with E-state index in [4.69, 9.17) is 0 Å². The van der Waals surface area contributed by atoms with E-state index in [1.807, 2.05) is 0 Å². The summed E-state index contributed by atoms with van der Waals surface area (Å²) in [4.78, 5) is 0.649. The van der Waals surface area contributed by atoms with Crippen LogP contribution in [0.3, 0.4) is 0 Å². The Kier molecular flexibility index (Phi) is 3.82. The van der Waals surface area contributed by atoms with Crippen LogP contribution >= 0.6 is 0 Å². The van der Waals surface area contributed by atoms with Crippen LogP contribution in [0.25, 0.3) is 0 Å². The summed E-state index contributed by atoms with van der Waals surface area (Å²) in [6.07, 6.45) is 0. The predicted octanol–water partition coefficient (Wildman–Crippen LogP) is 3.09. The number of hydrogen-bond donors (Lipinski definition) is 0. The third-order valence-electron chi connectivity index (χ3n) is 2.60. The second-order valence-corrected chi connectivity index (χ2v) is 6.95. The molecule has 0 saturated heterocycles. The molecule has 0 aliphatic heterocycles. The molecular formula is C15H16Se. The molecule has 2 aromatic carbocycles. The Balaban J connectivity index is 2.08. The number of aryl methyl sites for hydroxylation is 1. The van der Waals surface area contributed by atoms with Gasteiger partial charge < -0.3 is 0 Å². The number of hydrogen-bond acceptors (Lipinski definition) is 0. The fourth-order valence-electron chi connectivity index (χ4n) is 1.61. The zero-order chi connectivity index (χ0) is 11.4. The van der Waals surface area contributed by atoms with Gasteiger partial charge in [-0.15, -0.1) is 0 Å². The molecule has 0 saturated carbocycles. The van der Waals surface area contributed by atoms with Crippen molar-refractivity contribution in [2.24, 2.45) is 0 Å². The minimum atomic E-state index is 0.523. The van der Waals surface area contributed by atoms with Gasteiger partial charge in [0, 0.05) is 0 Å². The quantitative estimate of drug-likeness (QED) is 0.755. The summed E-state index contributed by atoms with van der Waals surface area (Å²) in [5.41, 5.74) is 2.79. The van der Waals surface area contributed by atoms with E-state index in [1.165, 1.54) is 15.6 Å². The molecule has 1 unspecified atom stereocenters. The molecule has 2 rings (SSSR count). The van der Waals surface area contributed by atoms with Crippen molar-refractivity contribution in [2.75, 3.05) is 0 Å². The van der Waals surface area contributed by atoms with Gasteiger partial charge in [0.05, 0.1) is 0 Å². The molecule has 0 bridgehead atoms. The molecule has 0 aromatic heterocycles. The van der Waals surface area contributed by atoms with E-state index in [9.17, 15) is 0 Å². The van der Waals surface area contributed by atoms with E-state index < -0.39 is 0 Å². The van der Waals surface area contributed by atoms with Crippen molar-refractivity contribution in [1.82, 2.24) is 0 Å². The summed E-state index contributed by atoms with van der Waals surface area (Å²) in [6, 6.07) is 19.7. The van der Waals surface area contributed by atoms with E-state index >= 15 is 0 Å². The van der Waals surface area contributed by atoms with E-state index in [1.54, 1.807) is 0 Å². The zero-order valence-corrected chi connectivity index (χ0v) is 11.4. The second kappa shape index (κ2) is 5.34. The molecule has 82 valence electrons. The third kappa shape index (κ3) is 2.98. The average Bonchev–Trinajstić information content (AvgIpc) is 2.33. The van der Waals surface area contributed by atoms with Crippen LogP contribution in [-0.4, -0.2) is 15.0 Å². The van der Waals surface area contributed by atoms with Crippen molar-refractivity contribution < 1.29 is 0 Å². The monoisotopic (exact) mass is 276 g/mol. The van der Waals surface area contributed by atoms with Crippen LogP contribution in [0.2, 0.25) is 0 Å². The summed E-state index contributed by atoms with van der Waals surface area (Å²) in [6.45, 7) is 4.45. The van der Waals surface area contributed by atoms with Gasteiger partial charge in [0.15, 0.2) is 0 Å². The minimum absolute atomic E-state index is 0.523. The van der Waals surface area contributed by atoms with Gasteiger partial charge in [-0.25, -0.2) is 0 Å². The van der Waals surface area contributed by atoms with Crippen LogP contribution in [0.1, 0.15) is 22.9 Å². The first-order chi connectivity index (χ1) is 7.75. The molecule has 1 atom stereocenters. The first-order valence-corrected chi connectivity index (χ1v) is 7.38. The first-order valence-electron chi connectivity index (χ1n) is 5.54. The maximum absolute atomic E-state index is 2.31. The predicted molar refractivity (Wildman–Crippen MR) is 71.4 cm³/mol. The van der Waals surface area contributed by atoms with Crippen molar-refractivity contribution in [3.05, 3.63) is 65.7 Å². The number of benzene rings is 2. The summed E-state index contributed by atoms with van der Waals surface area (Å²) < 4.78 is 1.48. The third-order valence-corrected chi connectivity index (χ3v) is 5.06. The summed E-state index contributed by atoms with van der Waals surface area (Å²) in [5.74, 6) is 0. The van der Waals surface area contributed by atoms with Gasteiger partial charge in [0.1, 0.15) is 0 Å². The van der Waals surface area contributed by atoms with Gasteiger partial charge in [-0.2, -0.15) is 0 Å². The Morgan fingerprint density at radius 2 is 1.50 bits per heavy atom. The molecule has 0 radical (unpaired) electrons. The SMILES string of the molecule is Cc1ccc([Se]C(C)c2ccccc2)cc1. The summed E-state index contributed by atoms with van der Waals surface area (Å²) in [7, 11) is 0. The van der Waals surface area contributed by atoms with Gasteiger partial charge >= 0.3 is 104 Å².